The van der Waals surface area contributed by atoms with Crippen LogP contribution >= 0.6 is 23.2 Å². The van der Waals surface area contributed by atoms with Crippen LogP contribution in [0.2, 0.25) is 10.0 Å². The molecule has 0 fully saturated rings. The zero-order valence-corrected chi connectivity index (χ0v) is 22.5. The number of likely N-dealkylation sites (N-methyl/N-ethyl adjacent to an activating group) is 1. The molecular formula is C26H29Cl2N5O3. The Morgan fingerprint density at radius 3 is 2.72 bits per heavy atom. The van der Waals surface area contributed by atoms with Crippen LogP contribution in [0.25, 0.3) is 6.08 Å². The molecule has 0 spiro atoms. The highest BCUT2D eigenvalue weighted by molar-refractivity contribution is 6.35. The van der Waals surface area contributed by atoms with Gasteiger partial charge in [0.25, 0.3) is 0 Å². The van der Waals surface area contributed by atoms with Gasteiger partial charge in [0, 0.05) is 22.2 Å². The summed E-state index contributed by atoms with van der Waals surface area (Å²) in [6.45, 7) is 7.50. The lowest BCUT2D eigenvalue weighted by atomic mass is 9.85. The molecule has 3 heterocycles. The minimum Gasteiger partial charge on any atom is -0.492 e. The highest BCUT2D eigenvalue weighted by Gasteiger charge is 2.39. The van der Waals surface area contributed by atoms with Gasteiger partial charge in [0.2, 0.25) is 12.5 Å². The quantitative estimate of drug-likeness (QED) is 0.426. The van der Waals surface area contributed by atoms with Crippen LogP contribution in [-0.2, 0) is 6.42 Å². The van der Waals surface area contributed by atoms with Crippen LogP contribution in [0.15, 0.2) is 30.3 Å². The lowest BCUT2D eigenvalue weighted by molar-refractivity contribution is 0.170. The summed E-state index contributed by atoms with van der Waals surface area (Å²) in [5.74, 6) is 2.73. The SMILES string of the molecule is COc1c2c(cc3c1[C@@H](c1nnnn1[C@H](C=Cc1ccc(Cl)cc1Cl)C(C)(C)C)N(C)CC3)OCO2. The van der Waals surface area contributed by atoms with Gasteiger partial charge in [-0.2, -0.15) is 0 Å². The van der Waals surface area contributed by atoms with E-state index in [0.717, 1.165) is 35.5 Å². The van der Waals surface area contributed by atoms with Gasteiger partial charge < -0.3 is 14.2 Å². The van der Waals surface area contributed by atoms with Crippen molar-refractivity contribution < 1.29 is 14.2 Å². The fraction of sp³-hybridized carbons (Fsp3) is 0.423. The molecule has 0 unspecified atom stereocenters. The number of hydrogen-bond donors (Lipinski definition) is 0. The molecule has 0 saturated carbocycles. The van der Waals surface area contributed by atoms with E-state index in [1.54, 1.807) is 13.2 Å². The molecular weight excluding hydrogens is 501 g/mol. The van der Waals surface area contributed by atoms with Crippen LogP contribution < -0.4 is 14.2 Å². The normalized spacial score (nSPS) is 18.5. The molecule has 2 aliphatic heterocycles. The van der Waals surface area contributed by atoms with Gasteiger partial charge >= 0.3 is 0 Å². The number of rotatable bonds is 5. The van der Waals surface area contributed by atoms with Crippen LogP contribution in [0.1, 0.15) is 55.4 Å². The van der Waals surface area contributed by atoms with Crippen LogP contribution in [0, 0.1) is 5.41 Å². The zero-order valence-electron chi connectivity index (χ0n) is 21.0. The Bertz CT molecular complexity index is 1320. The van der Waals surface area contributed by atoms with Crippen LogP contribution in [0.5, 0.6) is 17.2 Å². The number of allylic oxidation sites excluding steroid dienone is 1. The largest absolute Gasteiger partial charge is 0.492 e. The second kappa shape index (κ2) is 9.57. The second-order valence-corrected chi connectivity index (χ2v) is 11.0. The number of aromatic nitrogens is 4. The topological polar surface area (TPSA) is 74.5 Å². The summed E-state index contributed by atoms with van der Waals surface area (Å²) in [7, 11) is 3.73. The standard InChI is InChI=1S/C26H29Cl2N5O3/c1-26(2,3)20(9-7-15-6-8-17(27)13-18(15)28)33-25(29-30-31-33)22-21-16(10-11-32(22)4)12-19-23(24(21)34-5)36-14-35-19/h6-9,12-13,20,22H,10-11,14H2,1-5H3/t20-,22+/m1/s1. The summed E-state index contributed by atoms with van der Waals surface area (Å²) in [6.07, 6.45) is 4.95. The minimum absolute atomic E-state index is 0.159. The third-order valence-corrected chi connectivity index (χ3v) is 7.29. The van der Waals surface area contributed by atoms with Gasteiger partial charge in [-0.15, -0.1) is 5.10 Å². The highest BCUT2D eigenvalue weighted by atomic mass is 35.5. The molecule has 1 aromatic heterocycles. The van der Waals surface area contributed by atoms with Crippen LogP contribution in [-0.4, -0.2) is 52.6 Å². The number of hydrogen-bond acceptors (Lipinski definition) is 7. The lowest BCUT2D eigenvalue weighted by Gasteiger charge is -2.36. The monoisotopic (exact) mass is 529 g/mol. The molecule has 2 atom stereocenters. The van der Waals surface area contributed by atoms with Crippen molar-refractivity contribution in [1.82, 2.24) is 25.1 Å². The first-order valence-corrected chi connectivity index (χ1v) is 12.5. The number of methoxy groups -OCH3 is 1. The highest BCUT2D eigenvalue weighted by Crippen LogP contribution is 2.51. The molecule has 2 aliphatic rings. The molecule has 0 amide bonds. The first-order valence-electron chi connectivity index (χ1n) is 11.8. The Morgan fingerprint density at radius 2 is 2.00 bits per heavy atom. The summed E-state index contributed by atoms with van der Waals surface area (Å²) < 4.78 is 19.2. The van der Waals surface area contributed by atoms with Crippen molar-refractivity contribution in [3.05, 3.63) is 62.9 Å². The van der Waals surface area contributed by atoms with Gasteiger partial charge in [-0.3, -0.25) is 4.90 Å². The molecule has 36 heavy (non-hydrogen) atoms. The number of fused-ring (bicyclic) bond motifs is 2. The van der Waals surface area contributed by atoms with Gasteiger partial charge in [-0.25, -0.2) is 4.68 Å². The Labute approximate surface area is 220 Å². The predicted molar refractivity (Wildman–Crippen MR) is 139 cm³/mol. The second-order valence-electron chi connectivity index (χ2n) is 10.2. The number of ether oxygens (including phenoxy) is 3. The Kier molecular flexibility index (Phi) is 6.61. The maximum atomic E-state index is 6.43. The van der Waals surface area contributed by atoms with Gasteiger partial charge in [-0.05, 0) is 58.6 Å². The molecule has 3 aromatic rings. The Morgan fingerprint density at radius 1 is 1.19 bits per heavy atom. The van der Waals surface area contributed by atoms with Crippen molar-refractivity contribution in [2.75, 3.05) is 27.5 Å². The van der Waals surface area contributed by atoms with E-state index < -0.39 is 0 Å². The summed E-state index contributed by atoms with van der Waals surface area (Å²) in [5.41, 5.74) is 2.82. The van der Waals surface area contributed by atoms with Crippen molar-refractivity contribution in [2.45, 2.75) is 39.3 Å². The van der Waals surface area contributed by atoms with E-state index in [1.807, 2.05) is 22.9 Å². The van der Waals surface area contributed by atoms with E-state index >= 15 is 0 Å². The summed E-state index contributed by atoms with van der Waals surface area (Å²) >= 11 is 12.5. The molecule has 0 saturated heterocycles. The van der Waals surface area contributed by atoms with Crippen molar-refractivity contribution >= 4 is 29.3 Å². The lowest BCUT2D eigenvalue weighted by Crippen LogP contribution is -2.36. The molecule has 8 nitrogen and oxygen atoms in total. The number of tetrazole rings is 1. The number of nitrogens with zero attached hydrogens (tertiary/aromatic N) is 5. The average molecular weight is 530 g/mol. The molecule has 0 radical (unpaired) electrons. The van der Waals surface area contributed by atoms with Gasteiger partial charge in [0.05, 0.1) is 13.2 Å². The van der Waals surface area contributed by atoms with E-state index in [9.17, 15) is 0 Å². The van der Waals surface area contributed by atoms with E-state index in [2.05, 4.69) is 60.4 Å². The van der Waals surface area contributed by atoms with E-state index in [1.165, 1.54) is 0 Å². The number of benzene rings is 2. The average Bonchev–Trinajstić information content (AvgIpc) is 3.48. The van der Waals surface area contributed by atoms with E-state index in [0.29, 0.717) is 27.3 Å². The fourth-order valence-corrected chi connectivity index (χ4v) is 5.38. The smallest absolute Gasteiger partial charge is 0.231 e. The first-order chi connectivity index (χ1) is 17.2. The summed E-state index contributed by atoms with van der Waals surface area (Å²) in [5, 5.41) is 14.3. The molecule has 2 aromatic carbocycles. The predicted octanol–water partition coefficient (Wildman–Crippen LogP) is 5.60. The maximum absolute atomic E-state index is 6.43. The molecule has 0 aliphatic carbocycles. The Hall–Kier alpha value is -2.81. The van der Waals surface area contributed by atoms with E-state index in [4.69, 9.17) is 37.4 Å². The fourth-order valence-electron chi connectivity index (χ4n) is 4.91. The van der Waals surface area contributed by atoms with Crippen LogP contribution in [0.4, 0.5) is 0 Å². The summed E-state index contributed by atoms with van der Waals surface area (Å²) in [6, 6.07) is 7.13. The summed E-state index contributed by atoms with van der Waals surface area (Å²) in [4.78, 5) is 2.24. The third kappa shape index (κ3) is 4.42. The molecule has 0 bridgehead atoms. The number of halogens is 2. The van der Waals surface area contributed by atoms with Gasteiger partial charge in [-0.1, -0.05) is 62.2 Å². The van der Waals surface area contributed by atoms with Gasteiger partial charge in [0.15, 0.2) is 17.3 Å². The minimum atomic E-state index is -0.231. The molecule has 10 heteroatoms. The molecule has 5 rings (SSSR count). The van der Waals surface area contributed by atoms with Crippen molar-refractivity contribution in [3.63, 3.8) is 0 Å². The maximum Gasteiger partial charge on any atom is 0.231 e. The van der Waals surface area contributed by atoms with E-state index in [-0.39, 0.29) is 24.3 Å². The first kappa shape index (κ1) is 24.9. The van der Waals surface area contributed by atoms with Crippen molar-refractivity contribution in [1.29, 1.82) is 0 Å². The molecule has 0 N–H and O–H groups in total. The van der Waals surface area contributed by atoms with Crippen LogP contribution in [0.3, 0.4) is 0 Å². The van der Waals surface area contributed by atoms with Crippen molar-refractivity contribution in [3.8, 4) is 17.2 Å². The van der Waals surface area contributed by atoms with Gasteiger partial charge in [0.1, 0.15) is 6.04 Å². The Balaban J connectivity index is 1.61. The molecule has 190 valence electrons. The zero-order chi connectivity index (χ0) is 25.6. The van der Waals surface area contributed by atoms with Crippen molar-refractivity contribution in [2.24, 2.45) is 5.41 Å². The third-order valence-electron chi connectivity index (χ3n) is 6.73.